The number of nitrogens with zero attached hydrogens (tertiary/aromatic N) is 1. The van der Waals surface area contributed by atoms with Gasteiger partial charge in [0, 0.05) is 33.0 Å². The van der Waals surface area contributed by atoms with Gasteiger partial charge in [-0.3, -0.25) is 9.69 Å². The lowest BCUT2D eigenvalue weighted by atomic mass is 10.1. The van der Waals surface area contributed by atoms with Crippen molar-refractivity contribution in [2.24, 2.45) is 0 Å². The molecule has 0 spiro atoms. The minimum absolute atomic E-state index is 0.0149. The summed E-state index contributed by atoms with van der Waals surface area (Å²) in [7, 11) is 1.68. The summed E-state index contributed by atoms with van der Waals surface area (Å²) in [6.45, 7) is 4.86. The molecule has 0 bridgehead atoms. The third-order valence-electron chi connectivity index (χ3n) is 4.10. The van der Waals surface area contributed by atoms with Gasteiger partial charge < -0.3 is 14.2 Å². The predicted octanol–water partition coefficient (Wildman–Crippen LogP) is 1.60. The smallest absolute Gasteiger partial charge is 0.132 e. The van der Waals surface area contributed by atoms with E-state index in [1.165, 1.54) is 19.3 Å². The zero-order valence-electron chi connectivity index (χ0n) is 12.7. The average molecular weight is 285 g/mol. The highest BCUT2D eigenvalue weighted by molar-refractivity contribution is 5.75. The number of hydrogen-bond acceptors (Lipinski definition) is 5. The molecule has 116 valence electrons. The second-order valence-corrected chi connectivity index (χ2v) is 5.78. The maximum atomic E-state index is 11.0. The fraction of sp³-hybridized carbons (Fsp3) is 0.933. The fourth-order valence-electron chi connectivity index (χ4n) is 2.98. The van der Waals surface area contributed by atoms with Gasteiger partial charge in [-0.05, 0) is 19.8 Å². The molecule has 2 aliphatic rings. The topological polar surface area (TPSA) is 48.0 Å². The Morgan fingerprint density at radius 2 is 2.05 bits per heavy atom. The van der Waals surface area contributed by atoms with E-state index < -0.39 is 0 Å². The Kier molecular flexibility index (Phi) is 6.42. The van der Waals surface area contributed by atoms with Gasteiger partial charge in [-0.1, -0.05) is 6.42 Å². The Hall–Kier alpha value is -0.490. The van der Waals surface area contributed by atoms with Crippen LogP contribution in [0.2, 0.25) is 0 Å². The van der Waals surface area contributed by atoms with Crippen molar-refractivity contribution in [1.82, 2.24) is 4.90 Å². The molecule has 3 atom stereocenters. The van der Waals surface area contributed by atoms with E-state index in [0.717, 1.165) is 19.5 Å². The van der Waals surface area contributed by atoms with Crippen molar-refractivity contribution in [3.8, 4) is 0 Å². The van der Waals surface area contributed by atoms with Crippen LogP contribution in [-0.4, -0.2) is 62.5 Å². The van der Waals surface area contributed by atoms with Crippen molar-refractivity contribution in [3.63, 3.8) is 0 Å². The summed E-state index contributed by atoms with van der Waals surface area (Å²) in [5.74, 6) is 0.166. The van der Waals surface area contributed by atoms with E-state index in [2.05, 4.69) is 4.90 Å². The van der Waals surface area contributed by atoms with Gasteiger partial charge in [0.2, 0.25) is 0 Å². The molecule has 0 N–H and O–H groups in total. The molecule has 0 aromatic carbocycles. The Labute approximate surface area is 121 Å². The largest absolute Gasteiger partial charge is 0.382 e. The van der Waals surface area contributed by atoms with Crippen molar-refractivity contribution in [1.29, 1.82) is 0 Å². The number of likely N-dealkylation sites (tertiary alicyclic amines) is 1. The van der Waals surface area contributed by atoms with Gasteiger partial charge in [-0.15, -0.1) is 0 Å². The van der Waals surface area contributed by atoms with Crippen LogP contribution in [0.15, 0.2) is 0 Å². The van der Waals surface area contributed by atoms with Gasteiger partial charge in [0.1, 0.15) is 18.1 Å². The molecule has 2 rings (SSSR count). The molecule has 0 saturated carbocycles. The average Bonchev–Trinajstić information content (AvgIpc) is 2.83. The molecule has 20 heavy (non-hydrogen) atoms. The van der Waals surface area contributed by atoms with Gasteiger partial charge in [-0.25, -0.2) is 0 Å². The minimum atomic E-state index is -0.0149. The first kappa shape index (κ1) is 15.9. The van der Waals surface area contributed by atoms with E-state index in [-0.39, 0.29) is 24.2 Å². The van der Waals surface area contributed by atoms with E-state index >= 15 is 0 Å². The molecule has 2 fully saturated rings. The summed E-state index contributed by atoms with van der Waals surface area (Å²) in [6.07, 6.45) is 5.37. The molecular weight excluding hydrogens is 258 g/mol. The zero-order chi connectivity index (χ0) is 14.4. The number of ether oxygens (including phenoxy) is 3. The number of carbonyl (C=O) groups excluding carboxylic acids is 1. The highest BCUT2D eigenvalue weighted by atomic mass is 16.6. The van der Waals surface area contributed by atoms with Crippen molar-refractivity contribution in [3.05, 3.63) is 0 Å². The minimum Gasteiger partial charge on any atom is -0.382 e. The number of carbonyl (C=O) groups is 1. The number of ketones is 1. The number of methoxy groups -OCH3 is 1. The van der Waals surface area contributed by atoms with Gasteiger partial charge in [0.05, 0.1) is 19.3 Å². The molecule has 5 heteroatoms. The second kappa shape index (κ2) is 8.08. The van der Waals surface area contributed by atoms with Crippen molar-refractivity contribution < 1.29 is 19.0 Å². The SMILES string of the molecule is COC[C@H]1O[C@@H](N2CCCCC2)CC1OCCC(C)=O. The lowest BCUT2D eigenvalue weighted by Crippen LogP contribution is -2.39. The van der Waals surface area contributed by atoms with Crippen LogP contribution in [-0.2, 0) is 19.0 Å². The van der Waals surface area contributed by atoms with Crippen molar-refractivity contribution in [2.75, 3.05) is 33.4 Å². The molecule has 1 unspecified atom stereocenters. The van der Waals surface area contributed by atoms with Gasteiger partial charge in [0.15, 0.2) is 0 Å². The van der Waals surface area contributed by atoms with Crippen LogP contribution in [0.5, 0.6) is 0 Å². The zero-order valence-corrected chi connectivity index (χ0v) is 12.7. The van der Waals surface area contributed by atoms with Crippen LogP contribution in [0.4, 0.5) is 0 Å². The van der Waals surface area contributed by atoms with Crippen molar-refractivity contribution >= 4 is 5.78 Å². The van der Waals surface area contributed by atoms with Crippen LogP contribution in [0.1, 0.15) is 39.0 Å². The number of rotatable bonds is 7. The predicted molar refractivity (Wildman–Crippen MR) is 75.6 cm³/mol. The first-order valence-electron chi connectivity index (χ1n) is 7.70. The fourth-order valence-corrected chi connectivity index (χ4v) is 2.98. The molecule has 2 heterocycles. The summed E-state index contributed by atoms with van der Waals surface area (Å²) in [4.78, 5) is 13.4. The molecule has 0 aromatic heterocycles. The molecular formula is C15H27NO4. The van der Waals surface area contributed by atoms with Crippen LogP contribution < -0.4 is 0 Å². The Morgan fingerprint density at radius 3 is 2.70 bits per heavy atom. The van der Waals surface area contributed by atoms with E-state index in [1.807, 2.05) is 0 Å². The van der Waals surface area contributed by atoms with E-state index in [9.17, 15) is 4.79 Å². The third-order valence-corrected chi connectivity index (χ3v) is 4.10. The summed E-state index contributed by atoms with van der Waals surface area (Å²) in [5, 5.41) is 0. The number of Topliss-reactive ketones (excluding diaryl/α,β-unsaturated/α-hetero) is 1. The summed E-state index contributed by atoms with van der Waals surface area (Å²) < 4.78 is 17.2. The number of hydrogen-bond donors (Lipinski definition) is 0. The lowest BCUT2D eigenvalue weighted by Gasteiger charge is -2.31. The number of piperidine rings is 1. The molecule has 5 nitrogen and oxygen atoms in total. The first-order chi connectivity index (χ1) is 9.70. The quantitative estimate of drug-likeness (QED) is 0.711. The van der Waals surface area contributed by atoms with Crippen molar-refractivity contribution in [2.45, 2.75) is 57.5 Å². The van der Waals surface area contributed by atoms with E-state index in [0.29, 0.717) is 19.6 Å². The maximum absolute atomic E-state index is 11.0. The normalized spacial score (nSPS) is 31.6. The summed E-state index contributed by atoms with van der Waals surface area (Å²) in [5.41, 5.74) is 0. The first-order valence-corrected chi connectivity index (χ1v) is 7.70. The van der Waals surface area contributed by atoms with Crippen LogP contribution in [0.3, 0.4) is 0 Å². The van der Waals surface area contributed by atoms with Gasteiger partial charge in [-0.2, -0.15) is 0 Å². The van der Waals surface area contributed by atoms with E-state index in [1.54, 1.807) is 14.0 Å². The molecule has 0 aliphatic carbocycles. The summed E-state index contributed by atoms with van der Waals surface area (Å²) >= 11 is 0. The van der Waals surface area contributed by atoms with Crippen LogP contribution in [0.25, 0.3) is 0 Å². The lowest BCUT2D eigenvalue weighted by molar-refractivity contribution is -0.119. The second-order valence-electron chi connectivity index (χ2n) is 5.78. The van der Waals surface area contributed by atoms with Gasteiger partial charge in [0.25, 0.3) is 0 Å². The monoisotopic (exact) mass is 285 g/mol. The molecule has 2 aliphatic heterocycles. The highest BCUT2D eigenvalue weighted by Crippen LogP contribution is 2.28. The van der Waals surface area contributed by atoms with Crippen LogP contribution >= 0.6 is 0 Å². The molecule has 2 saturated heterocycles. The van der Waals surface area contributed by atoms with E-state index in [4.69, 9.17) is 14.2 Å². The highest BCUT2D eigenvalue weighted by Gasteiger charge is 2.39. The maximum Gasteiger partial charge on any atom is 0.132 e. The van der Waals surface area contributed by atoms with Gasteiger partial charge >= 0.3 is 0 Å². The standard InChI is InChI=1S/C15H27NO4/c1-12(17)6-9-19-13-10-15(20-14(13)11-18-2)16-7-4-3-5-8-16/h13-15H,3-11H2,1-2H3/t13?,14-,15-/m1/s1. The molecule has 0 amide bonds. The Bertz CT molecular complexity index is 304. The van der Waals surface area contributed by atoms with Crippen LogP contribution in [0, 0.1) is 0 Å². The Morgan fingerprint density at radius 1 is 1.30 bits per heavy atom. The molecule has 0 radical (unpaired) electrons. The molecule has 0 aromatic rings. The Balaban J connectivity index is 1.83. The third kappa shape index (κ3) is 4.52. The summed E-state index contributed by atoms with van der Waals surface area (Å²) in [6, 6.07) is 0.